The molecule has 1 aromatic heterocycles. The van der Waals surface area contributed by atoms with Gasteiger partial charge in [0.25, 0.3) is 0 Å². The van der Waals surface area contributed by atoms with E-state index in [2.05, 4.69) is 11.4 Å². The molecule has 3 nitrogen and oxygen atoms in total. The molecule has 1 saturated heterocycles. The molecule has 2 heterocycles. The quantitative estimate of drug-likeness (QED) is 0.778. The van der Waals surface area contributed by atoms with Gasteiger partial charge >= 0.3 is 5.97 Å². The molecule has 1 aromatic rings. The van der Waals surface area contributed by atoms with Gasteiger partial charge in [0.05, 0.1) is 5.92 Å². The molecule has 2 N–H and O–H groups in total. The van der Waals surface area contributed by atoms with Crippen molar-refractivity contribution in [3.63, 3.8) is 0 Å². The van der Waals surface area contributed by atoms with Crippen molar-refractivity contribution in [3.05, 3.63) is 21.9 Å². The molecule has 0 aromatic carbocycles. The number of thiophene rings is 1. The predicted molar refractivity (Wildman–Crippen MR) is 55.8 cm³/mol. The molecule has 14 heavy (non-hydrogen) atoms. The van der Waals surface area contributed by atoms with E-state index in [4.69, 9.17) is 5.11 Å². The van der Waals surface area contributed by atoms with Crippen molar-refractivity contribution in [3.8, 4) is 0 Å². The third-order valence-electron chi connectivity index (χ3n) is 2.66. The highest BCUT2D eigenvalue weighted by Gasteiger charge is 2.34. The Labute approximate surface area is 86.8 Å². The summed E-state index contributed by atoms with van der Waals surface area (Å²) in [6.07, 6.45) is 0. The van der Waals surface area contributed by atoms with Crippen molar-refractivity contribution in [2.45, 2.75) is 12.8 Å². The maximum absolute atomic E-state index is 11.0. The summed E-state index contributed by atoms with van der Waals surface area (Å²) in [4.78, 5) is 13.4. The first-order valence-electron chi connectivity index (χ1n) is 4.68. The smallest absolute Gasteiger partial charge is 0.308 e. The molecule has 0 radical (unpaired) electrons. The molecule has 0 spiro atoms. The number of aliphatic carboxylic acids is 1. The number of nitrogens with one attached hydrogen (secondary N) is 1. The molecule has 0 unspecified atom stereocenters. The Bertz CT molecular complexity index is 348. The van der Waals surface area contributed by atoms with Gasteiger partial charge in [0, 0.05) is 28.8 Å². The molecule has 1 aliphatic rings. The lowest BCUT2D eigenvalue weighted by Gasteiger charge is -2.11. The highest BCUT2D eigenvalue weighted by Crippen LogP contribution is 2.32. The highest BCUT2D eigenvalue weighted by molar-refractivity contribution is 7.12. The SMILES string of the molecule is Cc1ccc([C@H]2CNC[C@@H]2C(=O)O)s1. The molecule has 2 atom stereocenters. The summed E-state index contributed by atoms with van der Waals surface area (Å²) in [5, 5.41) is 12.2. The van der Waals surface area contributed by atoms with E-state index in [1.807, 2.05) is 13.0 Å². The van der Waals surface area contributed by atoms with Gasteiger partial charge in [0.1, 0.15) is 0 Å². The zero-order chi connectivity index (χ0) is 10.1. The fraction of sp³-hybridized carbons (Fsp3) is 0.500. The number of carbonyl (C=O) groups is 1. The Morgan fingerprint density at radius 2 is 2.36 bits per heavy atom. The molecule has 4 heteroatoms. The normalized spacial score (nSPS) is 26.6. The maximum Gasteiger partial charge on any atom is 0.308 e. The van der Waals surface area contributed by atoms with E-state index < -0.39 is 5.97 Å². The van der Waals surface area contributed by atoms with E-state index in [1.165, 1.54) is 9.75 Å². The van der Waals surface area contributed by atoms with Crippen LogP contribution in [0.25, 0.3) is 0 Å². The fourth-order valence-corrected chi connectivity index (χ4v) is 2.93. The largest absolute Gasteiger partial charge is 0.481 e. The number of carboxylic acid groups (broad SMARTS) is 1. The summed E-state index contributed by atoms with van der Waals surface area (Å²) in [6, 6.07) is 4.10. The van der Waals surface area contributed by atoms with Gasteiger partial charge in [-0.05, 0) is 19.1 Å². The zero-order valence-corrected chi connectivity index (χ0v) is 8.80. The van der Waals surface area contributed by atoms with Gasteiger partial charge in [-0.3, -0.25) is 4.79 Å². The molecule has 0 bridgehead atoms. The minimum absolute atomic E-state index is 0.159. The van der Waals surface area contributed by atoms with E-state index in [9.17, 15) is 4.79 Å². The second-order valence-corrected chi connectivity index (χ2v) is 4.98. The van der Waals surface area contributed by atoms with E-state index in [1.54, 1.807) is 11.3 Å². The molecule has 1 aliphatic heterocycles. The minimum Gasteiger partial charge on any atom is -0.481 e. The van der Waals surface area contributed by atoms with E-state index in [-0.39, 0.29) is 11.8 Å². The Morgan fingerprint density at radius 1 is 1.57 bits per heavy atom. The van der Waals surface area contributed by atoms with Crippen LogP contribution in [-0.4, -0.2) is 24.2 Å². The van der Waals surface area contributed by atoms with Crippen LogP contribution in [0.1, 0.15) is 15.7 Å². The van der Waals surface area contributed by atoms with Crippen molar-refractivity contribution in [2.75, 3.05) is 13.1 Å². The van der Waals surface area contributed by atoms with Crippen molar-refractivity contribution in [1.29, 1.82) is 0 Å². The van der Waals surface area contributed by atoms with Gasteiger partial charge in [-0.25, -0.2) is 0 Å². The summed E-state index contributed by atoms with van der Waals surface area (Å²) < 4.78 is 0. The molecule has 76 valence electrons. The average molecular weight is 211 g/mol. The zero-order valence-electron chi connectivity index (χ0n) is 7.99. The fourth-order valence-electron chi connectivity index (χ4n) is 1.89. The van der Waals surface area contributed by atoms with Crippen LogP contribution in [0, 0.1) is 12.8 Å². The summed E-state index contributed by atoms with van der Waals surface area (Å²) >= 11 is 1.70. The monoisotopic (exact) mass is 211 g/mol. The second-order valence-electron chi connectivity index (χ2n) is 3.66. The van der Waals surface area contributed by atoms with E-state index in [0.717, 1.165) is 6.54 Å². The molecular formula is C10H13NO2S. The lowest BCUT2D eigenvalue weighted by Crippen LogP contribution is -2.20. The third kappa shape index (κ3) is 1.67. The van der Waals surface area contributed by atoms with E-state index >= 15 is 0 Å². The first kappa shape index (κ1) is 9.68. The summed E-state index contributed by atoms with van der Waals surface area (Å²) in [5.41, 5.74) is 0. The summed E-state index contributed by atoms with van der Waals surface area (Å²) in [7, 11) is 0. The van der Waals surface area contributed by atoms with Crippen LogP contribution >= 0.6 is 11.3 Å². The summed E-state index contributed by atoms with van der Waals surface area (Å²) in [6.45, 7) is 3.43. The van der Waals surface area contributed by atoms with Crippen LogP contribution in [0.2, 0.25) is 0 Å². The van der Waals surface area contributed by atoms with Gasteiger partial charge in [-0.15, -0.1) is 11.3 Å². The number of aryl methyl sites for hydroxylation is 1. The second kappa shape index (κ2) is 3.71. The van der Waals surface area contributed by atoms with Crippen LogP contribution in [0.4, 0.5) is 0 Å². The first-order chi connectivity index (χ1) is 6.68. The van der Waals surface area contributed by atoms with Crippen molar-refractivity contribution in [1.82, 2.24) is 5.32 Å². The molecule has 0 saturated carbocycles. The standard InChI is InChI=1S/C10H13NO2S/c1-6-2-3-9(14-6)7-4-11-5-8(7)10(12)13/h2-3,7-8,11H,4-5H2,1H3,(H,12,13)/t7-,8-/m0/s1. The van der Waals surface area contributed by atoms with Gasteiger partial charge in [-0.2, -0.15) is 0 Å². The molecule has 0 aliphatic carbocycles. The van der Waals surface area contributed by atoms with Crippen molar-refractivity contribution in [2.24, 2.45) is 5.92 Å². The number of hydrogen-bond acceptors (Lipinski definition) is 3. The van der Waals surface area contributed by atoms with Crippen molar-refractivity contribution < 1.29 is 9.90 Å². The van der Waals surface area contributed by atoms with Crippen LogP contribution in [0.15, 0.2) is 12.1 Å². The number of rotatable bonds is 2. The van der Waals surface area contributed by atoms with Crippen molar-refractivity contribution >= 4 is 17.3 Å². The van der Waals surface area contributed by atoms with Gasteiger partial charge in [0.2, 0.25) is 0 Å². The van der Waals surface area contributed by atoms with Gasteiger partial charge in [-0.1, -0.05) is 0 Å². The Morgan fingerprint density at radius 3 is 2.93 bits per heavy atom. The van der Waals surface area contributed by atoms with Gasteiger partial charge in [0.15, 0.2) is 0 Å². The lowest BCUT2D eigenvalue weighted by molar-refractivity contribution is -0.141. The first-order valence-corrected chi connectivity index (χ1v) is 5.50. The molecule has 1 fully saturated rings. The number of carboxylic acids is 1. The Kier molecular flexibility index (Phi) is 2.56. The minimum atomic E-state index is -0.689. The summed E-state index contributed by atoms with van der Waals surface area (Å²) in [5.74, 6) is -0.787. The molecule has 0 amide bonds. The number of hydrogen-bond donors (Lipinski definition) is 2. The average Bonchev–Trinajstić information content (AvgIpc) is 2.70. The predicted octanol–water partition coefficient (Wildman–Crippen LogP) is 1.44. The highest BCUT2D eigenvalue weighted by atomic mass is 32.1. The van der Waals surface area contributed by atoms with E-state index in [0.29, 0.717) is 6.54 Å². The van der Waals surface area contributed by atoms with Gasteiger partial charge < -0.3 is 10.4 Å². The molecular weight excluding hydrogens is 198 g/mol. The molecule has 2 rings (SSSR count). The third-order valence-corrected chi connectivity index (χ3v) is 3.79. The topological polar surface area (TPSA) is 49.3 Å². The Hall–Kier alpha value is -0.870. The van der Waals surface area contributed by atoms with Crippen LogP contribution in [0.5, 0.6) is 0 Å². The Balaban J connectivity index is 2.21. The van der Waals surface area contributed by atoms with Crippen LogP contribution in [0.3, 0.4) is 0 Å². The maximum atomic E-state index is 11.0. The lowest BCUT2D eigenvalue weighted by atomic mass is 9.95. The van der Waals surface area contributed by atoms with Crippen LogP contribution in [-0.2, 0) is 4.79 Å². The van der Waals surface area contributed by atoms with Crippen LogP contribution < -0.4 is 5.32 Å².